The van der Waals surface area contributed by atoms with E-state index in [9.17, 15) is 4.57 Å². The molecule has 0 bridgehead atoms. The maximum absolute atomic E-state index is 10.6. The number of hydrogen-bond donors (Lipinski definition) is 0. The largest absolute Gasteiger partial charge is 0.379 e. The third-order valence-electron chi connectivity index (χ3n) is 0.648. The van der Waals surface area contributed by atoms with Gasteiger partial charge in [-0.1, -0.05) is 19.6 Å². The maximum atomic E-state index is 10.6. The lowest BCUT2D eigenvalue weighted by Gasteiger charge is -2.15. The van der Waals surface area contributed by atoms with E-state index in [-0.39, 0.29) is 0 Å². The zero-order valence-corrected chi connectivity index (χ0v) is 9.63. The van der Waals surface area contributed by atoms with Crippen LogP contribution in [0.15, 0.2) is 0 Å². The molecule has 0 aromatic heterocycles. The van der Waals surface area contributed by atoms with Crippen LogP contribution in [0.25, 0.3) is 0 Å². The predicted octanol–water partition coefficient (Wildman–Crippen LogP) is 3.47. The Kier molecular flexibility index (Phi) is 3.95. The molecule has 0 aromatic carbocycles. The molecular weight excluding hydrogens is 210 g/mol. The molecule has 10 heavy (non-hydrogen) atoms. The van der Waals surface area contributed by atoms with E-state index in [1.165, 1.54) is 0 Å². The SMILES string of the molecule is C[Si](C)(C)COP(=O)(Cl)Cl. The summed E-state index contributed by atoms with van der Waals surface area (Å²) in [6.07, 6.45) is -2.84. The van der Waals surface area contributed by atoms with Gasteiger partial charge in [0.2, 0.25) is 0 Å². The van der Waals surface area contributed by atoms with E-state index >= 15 is 0 Å². The zero-order chi connectivity index (χ0) is 8.41. The van der Waals surface area contributed by atoms with Gasteiger partial charge in [0.25, 0.3) is 0 Å². The normalized spacial score (nSPS) is 13.7. The van der Waals surface area contributed by atoms with Gasteiger partial charge in [0.15, 0.2) is 0 Å². The Morgan fingerprint density at radius 3 is 1.90 bits per heavy atom. The van der Waals surface area contributed by atoms with Gasteiger partial charge in [-0.25, -0.2) is 0 Å². The summed E-state index contributed by atoms with van der Waals surface area (Å²) in [7, 11) is -1.33. The topological polar surface area (TPSA) is 26.3 Å². The molecule has 0 unspecified atom stereocenters. The first-order valence-electron chi connectivity index (χ1n) is 2.85. The molecular formula is C4H11Cl2O2PSi. The molecule has 0 atom stereocenters. The van der Waals surface area contributed by atoms with Crippen molar-refractivity contribution in [2.24, 2.45) is 0 Å². The lowest BCUT2D eigenvalue weighted by atomic mass is 11.7. The van der Waals surface area contributed by atoms with Crippen LogP contribution in [0.3, 0.4) is 0 Å². The summed E-state index contributed by atoms with van der Waals surface area (Å²) in [5, 5.41) is 0. The first-order chi connectivity index (χ1) is 4.21. The summed E-state index contributed by atoms with van der Waals surface area (Å²) >= 11 is 10.3. The van der Waals surface area contributed by atoms with Crippen LogP contribution in [0.5, 0.6) is 0 Å². The molecule has 0 rings (SSSR count). The second kappa shape index (κ2) is 3.59. The predicted molar refractivity (Wildman–Crippen MR) is 48.6 cm³/mol. The minimum Gasteiger partial charge on any atom is -0.310 e. The molecule has 0 saturated carbocycles. The molecule has 0 amide bonds. The first-order valence-corrected chi connectivity index (χ1v) is 9.99. The third kappa shape index (κ3) is 8.99. The van der Waals surface area contributed by atoms with Crippen molar-refractivity contribution < 1.29 is 9.09 Å². The van der Waals surface area contributed by atoms with Gasteiger partial charge in [-0.15, -0.1) is 0 Å². The zero-order valence-electron chi connectivity index (χ0n) is 6.23. The van der Waals surface area contributed by atoms with Crippen LogP contribution in [0, 0.1) is 0 Å². The van der Waals surface area contributed by atoms with Gasteiger partial charge in [-0.05, 0) is 22.5 Å². The van der Waals surface area contributed by atoms with Crippen LogP contribution < -0.4 is 0 Å². The van der Waals surface area contributed by atoms with E-state index in [1.807, 2.05) is 0 Å². The van der Waals surface area contributed by atoms with E-state index in [2.05, 4.69) is 19.6 Å². The summed E-state index contributed by atoms with van der Waals surface area (Å²) in [5.74, 6) is 0. The highest BCUT2D eigenvalue weighted by Gasteiger charge is 2.21. The van der Waals surface area contributed by atoms with Gasteiger partial charge in [0, 0.05) is 6.23 Å². The standard InChI is InChI=1S/C4H11Cl2O2PSi/c1-10(2,3)4-8-9(5,6)7/h4H2,1-3H3. The fourth-order valence-corrected chi connectivity index (χ4v) is 3.30. The van der Waals surface area contributed by atoms with Crippen molar-refractivity contribution in [3.63, 3.8) is 0 Å². The summed E-state index contributed by atoms with van der Waals surface area (Å²) in [6.45, 7) is 6.24. The Hall–Kier alpha value is 0.987. The summed E-state index contributed by atoms with van der Waals surface area (Å²) < 4.78 is 15.3. The van der Waals surface area contributed by atoms with Crippen LogP contribution in [0.2, 0.25) is 19.6 Å². The first kappa shape index (κ1) is 11.0. The lowest BCUT2D eigenvalue weighted by molar-refractivity contribution is 0.390. The third-order valence-corrected chi connectivity index (χ3v) is 2.92. The summed E-state index contributed by atoms with van der Waals surface area (Å²) in [6, 6.07) is 0. The van der Waals surface area contributed by atoms with Crippen molar-refractivity contribution in [3.05, 3.63) is 0 Å². The van der Waals surface area contributed by atoms with E-state index in [1.54, 1.807) is 0 Å². The van der Waals surface area contributed by atoms with Crippen LogP contribution in [-0.2, 0) is 9.09 Å². The Morgan fingerprint density at radius 2 is 1.80 bits per heavy atom. The van der Waals surface area contributed by atoms with Crippen molar-refractivity contribution in [2.75, 3.05) is 6.23 Å². The van der Waals surface area contributed by atoms with Gasteiger partial charge in [-0.3, -0.25) is 4.57 Å². The minimum atomic E-state index is -3.28. The van der Waals surface area contributed by atoms with E-state index < -0.39 is 14.1 Å². The second-order valence-electron chi connectivity index (χ2n) is 3.25. The van der Waals surface area contributed by atoms with Gasteiger partial charge in [-0.2, -0.15) is 0 Å². The number of halogens is 2. The molecule has 0 aliphatic rings. The number of hydrogen-bond acceptors (Lipinski definition) is 2. The van der Waals surface area contributed by atoms with Crippen molar-refractivity contribution in [3.8, 4) is 0 Å². The van der Waals surface area contributed by atoms with Crippen LogP contribution in [0.4, 0.5) is 0 Å². The minimum absolute atomic E-state index is 0.442. The molecule has 0 spiro atoms. The fraction of sp³-hybridized carbons (Fsp3) is 1.00. The van der Waals surface area contributed by atoms with E-state index in [0.717, 1.165) is 0 Å². The van der Waals surface area contributed by atoms with Gasteiger partial charge in [0.05, 0.1) is 8.07 Å². The average Bonchev–Trinajstić information content (AvgIpc) is 1.57. The quantitative estimate of drug-likeness (QED) is 0.538. The number of rotatable bonds is 3. The highest BCUT2D eigenvalue weighted by atomic mass is 35.9. The maximum Gasteiger partial charge on any atom is 0.379 e. The van der Waals surface area contributed by atoms with Crippen molar-refractivity contribution in [1.29, 1.82) is 0 Å². The molecule has 0 aliphatic heterocycles. The van der Waals surface area contributed by atoms with E-state index in [4.69, 9.17) is 27.0 Å². The van der Waals surface area contributed by atoms with Crippen molar-refractivity contribution >= 4 is 36.6 Å². The highest BCUT2D eigenvalue weighted by molar-refractivity contribution is 8.05. The molecule has 0 aromatic rings. The van der Waals surface area contributed by atoms with Crippen LogP contribution >= 0.6 is 28.6 Å². The highest BCUT2D eigenvalue weighted by Crippen LogP contribution is 2.57. The Bertz CT molecular complexity index is 150. The van der Waals surface area contributed by atoms with Crippen LogP contribution in [-0.4, -0.2) is 14.3 Å². The molecule has 6 heteroatoms. The molecule has 0 radical (unpaired) electrons. The molecule has 0 fully saturated rings. The molecule has 0 N–H and O–H groups in total. The molecule has 62 valence electrons. The molecule has 0 saturated heterocycles. The Labute approximate surface area is 71.9 Å². The Morgan fingerprint density at radius 1 is 1.40 bits per heavy atom. The smallest absolute Gasteiger partial charge is 0.310 e. The molecule has 0 heterocycles. The molecule has 0 aliphatic carbocycles. The van der Waals surface area contributed by atoms with Gasteiger partial charge < -0.3 is 4.52 Å². The Balaban J connectivity index is 3.67. The van der Waals surface area contributed by atoms with Gasteiger partial charge >= 0.3 is 6.07 Å². The lowest BCUT2D eigenvalue weighted by Crippen LogP contribution is -2.26. The van der Waals surface area contributed by atoms with Crippen molar-refractivity contribution in [2.45, 2.75) is 19.6 Å². The monoisotopic (exact) mass is 220 g/mol. The average molecular weight is 221 g/mol. The second-order valence-corrected chi connectivity index (χ2v) is 12.9. The van der Waals surface area contributed by atoms with Crippen LogP contribution in [0.1, 0.15) is 0 Å². The van der Waals surface area contributed by atoms with Crippen molar-refractivity contribution in [1.82, 2.24) is 0 Å². The van der Waals surface area contributed by atoms with E-state index in [0.29, 0.717) is 6.23 Å². The van der Waals surface area contributed by atoms with Gasteiger partial charge in [0.1, 0.15) is 0 Å². The fourth-order valence-electron chi connectivity index (χ4n) is 0.269. The summed E-state index contributed by atoms with van der Waals surface area (Å²) in [5.41, 5.74) is 0. The molecule has 2 nitrogen and oxygen atoms in total. The summed E-state index contributed by atoms with van der Waals surface area (Å²) in [4.78, 5) is 0.